The minimum Gasteiger partial charge on any atom is -1.00 e. The van der Waals surface area contributed by atoms with Crippen molar-refractivity contribution < 1.29 is 21.9 Å². The number of aromatic nitrogens is 1. The minimum atomic E-state index is -0.373. The average molecular weight is 376 g/mol. The van der Waals surface area contributed by atoms with Crippen LogP contribution in [0.5, 0.6) is 0 Å². The first kappa shape index (κ1) is 19.0. The van der Waals surface area contributed by atoms with Crippen molar-refractivity contribution in [2.75, 3.05) is 12.4 Å². The van der Waals surface area contributed by atoms with Crippen LogP contribution in [0.3, 0.4) is 0 Å². The highest BCUT2D eigenvalue weighted by atomic mass is 35.5. The van der Waals surface area contributed by atoms with Gasteiger partial charge in [-0.2, -0.15) is 0 Å². The fourth-order valence-electron chi connectivity index (χ4n) is 2.53. The summed E-state index contributed by atoms with van der Waals surface area (Å²) >= 11 is 6.20. The van der Waals surface area contributed by atoms with Crippen LogP contribution in [-0.2, 0) is 4.74 Å². The lowest BCUT2D eigenvalue weighted by molar-refractivity contribution is -0.0000195. The lowest BCUT2D eigenvalue weighted by Crippen LogP contribution is -3.00. The Balaban J connectivity index is 0.00000225. The molecule has 0 saturated heterocycles. The molecule has 25 heavy (non-hydrogen) atoms. The second kappa shape index (κ2) is 7.72. The molecule has 0 spiro atoms. The largest absolute Gasteiger partial charge is 1.00 e. The molecular formula is C19H17Cl2N2O2-. The Morgan fingerprint density at radius 1 is 1.12 bits per heavy atom. The van der Waals surface area contributed by atoms with Crippen LogP contribution in [-0.4, -0.2) is 18.1 Å². The molecule has 3 aromatic rings. The maximum Gasteiger partial charge on any atom is 0.337 e. The van der Waals surface area contributed by atoms with E-state index in [1.165, 1.54) is 7.11 Å². The van der Waals surface area contributed by atoms with Gasteiger partial charge in [0.2, 0.25) is 0 Å². The second-order valence-corrected chi connectivity index (χ2v) is 6.03. The number of methoxy groups -OCH3 is 1. The molecule has 0 amide bonds. The summed E-state index contributed by atoms with van der Waals surface area (Å²) in [5.74, 6) is -0.373. The van der Waals surface area contributed by atoms with E-state index < -0.39 is 0 Å². The Bertz CT molecular complexity index is 942. The van der Waals surface area contributed by atoms with E-state index in [4.69, 9.17) is 16.3 Å². The van der Waals surface area contributed by atoms with Gasteiger partial charge in [0.1, 0.15) is 0 Å². The third-order valence-electron chi connectivity index (χ3n) is 3.81. The van der Waals surface area contributed by atoms with Crippen molar-refractivity contribution in [2.45, 2.75) is 13.8 Å². The molecule has 0 fully saturated rings. The maximum absolute atomic E-state index is 11.8. The van der Waals surface area contributed by atoms with E-state index in [9.17, 15) is 4.79 Å². The van der Waals surface area contributed by atoms with Gasteiger partial charge in [-0.1, -0.05) is 17.7 Å². The van der Waals surface area contributed by atoms with Gasteiger partial charge >= 0.3 is 5.97 Å². The zero-order valence-corrected chi connectivity index (χ0v) is 15.6. The van der Waals surface area contributed by atoms with Crippen LogP contribution in [0.1, 0.15) is 21.6 Å². The van der Waals surface area contributed by atoms with Gasteiger partial charge in [0.15, 0.2) is 0 Å². The lowest BCUT2D eigenvalue weighted by atomic mass is 10.1. The number of benzene rings is 2. The van der Waals surface area contributed by atoms with Gasteiger partial charge in [-0.3, -0.25) is 4.98 Å². The summed E-state index contributed by atoms with van der Waals surface area (Å²) in [6.07, 6.45) is 0. The molecule has 1 aromatic heterocycles. The number of ether oxygens (including phenoxy) is 1. The molecule has 1 heterocycles. The first-order valence-electron chi connectivity index (χ1n) is 7.51. The Morgan fingerprint density at radius 3 is 2.56 bits per heavy atom. The van der Waals surface area contributed by atoms with E-state index in [0.29, 0.717) is 10.6 Å². The van der Waals surface area contributed by atoms with Gasteiger partial charge in [0, 0.05) is 27.5 Å². The number of hydrogen-bond acceptors (Lipinski definition) is 4. The average Bonchev–Trinajstić information content (AvgIpc) is 2.57. The molecule has 0 radical (unpaired) electrons. The van der Waals surface area contributed by atoms with E-state index in [0.717, 1.165) is 33.5 Å². The van der Waals surface area contributed by atoms with Gasteiger partial charge in [-0.15, -0.1) is 0 Å². The normalized spacial score (nSPS) is 10.2. The number of aryl methyl sites for hydroxylation is 2. The highest BCUT2D eigenvalue weighted by Crippen LogP contribution is 2.29. The van der Waals surface area contributed by atoms with Crippen LogP contribution in [0.15, 0.2) is 42.5 Å². The quantitative estimate of drug-likeness (QED) is 0.711. The maximum atomic E-state index is 11.8. The predicted octanol–water partition coefficient (Wildman–Crippen LogP) is 2.04. The number of carbonyl (C=O) groups excluding carboxylic acids is 1. The zero-order chi connectivity index (χ0) is 17.3. The smallest absolute Gasteiger partial charge is 0.337 e. The third kappa shape index (κ3) is 4.03. The summed E-state index contributed by atoms with van der Waals surface area (Å²) in [6, 6.07) is 13.1. The van der Waals surface area contributed by atoms with Crippen molar-refractivity contribution in [2.24, 2.45) is 0 Å². The molecule has 3 rings (SSSR count). The summed E-state index contributed by atoms with van der Waals surface area (Å²) in [4.78, 5) is 16.3. The number of nitrogens with zero attached hydrogens (tertiary/aromatic N) is 1. The van der Waals surface area contributed by atoms with Gasteiger partial charge in [-0.25, -0.2) is 4.79 Å². The van der Waals surface area contributed by atoms with Crippen molar-refractivity contribution in [1.82, 2.24) is 4.98 Å². The zero-order valence-electron chi connectivity index (χ0n) is 14.1. The summed E-state index contributed by atoms with van der Waals surface area (Å²) in [6.45, 7) is 3.89. The summed E-state index contributed by atoms with van der Waals surface area (Å²) < 4.78 is 4.80. The number of rotatable bonds is 3. The second-order valence-electron chi connectivity index (χ2n) is 5.62. The van der Waals surface area contributed by atoms with Gasteiger partial charge in [0.05, 0.1) is 18.2 Å². The van der Waals surface area contributed by atoms with Crippen LogP contribution in [0.25, 0.3) is 10.9 Å². The fraction of sp³-hybridized carbons (Fsp3) is 0.158. The van der Waals surface area contributed by atoms with E-state index in [1.54, 1.807) is 12.1 Å². The Labute approximate surface area is 157 Å². The number of nitrogens with one attached hydrogen (secondary N) is 1. The number of esters is 1. The molecule has 1 N–H and O–H groups in total. The monoisotopic (exact) mass is 375 g/mol. The standard InChI is InChI=1S/C19H17ClN2O2.ClH/c1-11-4-6-14(10-16(11)20)22-18-8-12(2)21-17-7-5-13(9-15(17)18)19(23)24-3;/h4-10H,1-3H3,(H,21,22);1H/p-1. The molecule has 130 valence electrons. The fourth-order valence-corrected chi connectivity index (χ4v) is 2.71. The topological polar surface area (TPSA) is 51.2 Å². The molecule has 0 aliphatic carbocycles. The van der Waals surface area contributed by atoms with Crippen LogP contribution < -0.4 is 17.7 Å². The van der Waals surface area contributed by atoms with E-state index in [2.05, 4.69) is 10.3 Å². The van der Waals surface area contributed by atoms with Crippen LogP contribution in [0.2, 0.25) is 5.02 Å². The first-order valence-corrected chi connectivity index (χ1v) is 7.88. The highest BCUT2D eigenvalue weighted by molar-refractivity contribution is 6.31. The SMILES string of the molecule is COC(=O)c1ccc2nc(C)cc(Nc3ccc(C)c(Cl)c3)c2c1.[Cl-]. The minimum absolute atomic E-state index is 0. The highest BCUT2D eigenvalue weighted by Gasteiger charge is 2.10. The van der Waals surface area contributed by atoms with Crippen molar-refractivity contribution in [3.05, 3.63) is 64.3 Å². The molecular weight excluding hydrogens is 359 g/mol. The molecule has 6 heteroatoms. The van der Waals surface area contributed by atoms with E-state index in [-0.39, 0.29) is 18.4 Å². The molecule has 0 saturated carbocycles. The summed E-state index contributed by atoms with van der Waals surface area (Å²) in [5, 5.41) is 4.91. The van der Waals surface area contributed by atoms with Gasteiger partial charge in [0.25, 0.3) is 0 Å². The Hall–Kier alpha value is -2.30. The molecule has 2 aromatic carbocycles. The number of pyridine rings is 1. The Morgan fingerprint density at radius 2 is 1.88 bits per heavy atom. The van der Waals surface area contributed by atoms with Crippen LogP contribution in [0, 0.1) is 13.8 Å². The van der Waals surface area contributed by atoms with E-state index in [1.807, 2.05) is 44.2 Å². The third-order valence-corrected chi connectivity index (χ3v) is 4.22. The summed E-state index contributed by atoms with van der Waals surface area (Å²) in [5.41, 5.74) is 4.94. The molecule has 0 aliphatic heterocycles. The number of carbonyl (C=O) groups is 1. The number of halogens is 2. The molecule has 0 aliphatic rings. The Kier molecular flexibility index (Phi) is 5.88. The van der Waals surface area contributed by atoms with Crippen LogP contribution >= 0.6 is 11.6 Å². The van der Waals surface area contributed by atoms with Crippen LogP contribution in [0.4, 0.5) is 11.4 Å². The molecule has 0 atom stereocenters. The van der Waals surface area contributed by atoms with Gasteiger partial charge in [-0.05, 0) is 55.8 Å². The first-order chi connectivity index (χ1) is 11.5. The molecule has 0 unspecified atom stereocenters. The number of hydrogen-bond donors (Lipinski definition) is 1. The van der Waals surface area contributed by atoms with Gasteiger partial charge < -0.3 is 22.5 Å². The van der Waals surface area contributed by atoms with Crippen molar-refractivity contribution >= 4 is 39.8 Å². The lowest BCUT2D eigenvalue weighted by Gasteiger charge is -2.12. The van der Waals surface area contributed by atoms with Crippen molar-refractivity contribution in [3.63, 3.8) is 0 Å². The number of anilines is 2. The molecule has 4 nitrogen and oxygen atoms in total. The molecule has 0 bridgehead atoms. The predicted molar refractivity (Wildman–Crippen MR) is 97.3 cm³/mol. The van der Waals surface area contributed by atoms with E-state index >= 15 is 0 Å². The summed E-state index contributed by atoms with van der Waals surface area (Å²) in [7, 11) is 1.37. The number of fused-ring (bicyclic) bond motifs is 1. The van der Waals surface area contributed by atoms with Crippen molar-refractivity contribution in [1.29, 1.82) is 0 Å². The van der Waals surface area contributed by atoms with Crippen molar-refractivity contribution in [3.8, 4) is 0 Å².